The molecule has 1 aromatic carbocycles. The Morgan fingerprint density at radius 2 is 0.677 bits per heavy atom. The fourth-order valence-electron chi connectivity index (χ4n) is 14.4. The summed E-state index contributed by atoms with van der Waals surface area (Å²) in [7, 11) is 0. The number of hydrogen-bond acceptors (Lipinski definition) is 37. The van der Waals surface area contributed by atoms with Crippen molar-refractivity contribution < 1.29 is 167 Å². The molecule has 3 fully saturated rings. The topological polar surface area (TPSA) is 599 Å². The van der Waals surface area contributed by atoms with Crippen molar-refractivity contribution in [2.45, 2.75) is 309 Å². The number of benzene rings is 1. The van der Waals surface area contributed by atoms with Crippen LogP contribution in [-0.4, -0.2) is 320 Å². The van der Waals surface area contributed by atoms with Crippen LogP contribution in [0.25, 0.3) is 0 Å². The van der Waals surface area contributed by atoms with Gasteiger partial charge in [0.1, 0.15) is 69.1 Å². The van der Waals surface area contributed by atoms with E-state index in [1.54, 1.807) is 24.3 Å². The molecule has 0 spiro atoms. The first kappa shape index (κ1) is 114. The van der Waals surface area contributed by atoms with E-state index in [0.717, 1.165) is 67.9 Å². The van der Waals surface area contributed by atoms with E-state index in [2.05, 4.69) is 53.2 Å². The van der Waals surface area contributed by atoms with Crippen molar-refractivity contribution in [2.24, 2.45) is 0 Å². The van der Waals surface area contributed by atoms with E-state index in [1.807, 2.05) is 6.07 Å². The maximum atomic E-state index is 14.6. The number of ether oxygens (including phenoxy) is 16. The molecule has 9 amide bonds. The summed E-state index contributed by atoms with van der Waals surface area (Å²) in [5, 5.41) is 38.8. The minimum atomic E-state index is -1.31. The molecule has 3 saturated heterocycles. The third-order valence-electron chi connectivity index (χ3n) is 20.1. The standard InChI is InChI=1S/C87H137N11O35/c1-52(99)95-74-80(128-61(10)108)77(125-58(7)105)66(49-121-55(4)102)131-84(74)118-43-24-14-19-33-69(111)88-37-27-40-91-72(114)46-98(47-73(115)92-41-28-38-89-70(112)34-20-15-25-44-119-85-75(96-53(2)100)81(129-62(11)109)78(126-59(8)106)67(132-85)50-122-56(5)103)65(32-22-23-36-94-87(117)124-48-64-30-17-13-18-31-64)83(116)93-42-29-39-90-71(113)35-21-16-26-45-120-86-76(97-54(3)101)82(130-63(12)110)79(127-60(9)107)68(133-86)51-123-57(6)104/h13,17-18,30-31,65-69,74-82,84-86,88,111H,14-16,19-29,32-51H2,1-12H3,(H,89,112)(H,90,113)(H,91,114)(H,92,115)(H,93,116)(H,94,117)(H,95,99)(H,96,100)(H,97,101). The molecule has 1 aromatic rings. The van der Waals surface area contributed by atoms with Crippen molar-refractivity contribution in [1.82, 2.24) is 58.1 Å². The molecule has 46 heteroatoms. The summed E-state index contributed by atoms with van der Waals surface area (Å²) in [4.78, 5) is 229. The first-order valence-electron chi connectivity index (χ1n) is 44.8. The molecule has 0 aliphatic carbocycles. The second-order valence-electron chi connectivity index (χ2n) is 31.9. The van der Waals surface area contributed by atoms with Crippen molar-refractivity contribution in [1.29, 1.82) is 0 Å². The number of alkyl carbamates (subject to hydrolysis) is 1. The molecule has 4 rings (SSSR count). The number of unbranched alkanes of at least 4 members (excludes halogenated alkanes) is 7. The van der Waals surface area contributed by atoms with Gasteiger partial charge in [0.15, 0.2) is 55.5 Å². The highest BCUT2D eigenvalue weighted by Crippen LogP contribution is 2.32. The largest absolute Gasteiger partial charge is 0.463 e. The quantitative estimate of drug-likeness (QED) is 0.0178. The Balaban J connectivity index is 1.41. The molecule has 46 nitrogen and oxygen atoms in total. The summed E-state index contributed by atoms with van der Waals surface area (Å²) < 4.78 is 90.0. The summed E-state index contributed by atoms with van der Waals surface area (Å²) in [6.07, 6.45) is -10.7. The number of esters is 9. The number of rotatable bonds is 62. The number of carbonyl (C=O) groups is 18. The van der Waals surface area contributed by atoms with Crippen LogP contribution in [0.5, 0.6) is 0 Å². The first-order valence-corrected chi connectivity index (χ1v) is 44.8. The number of aliphatic hydroxyl groups excluding tert-OH is 1. The molecule has 0 saturated carbocycles. The highest BCUT2D eigenvalue weighted by Gasteiger charge is 2.55. The summed E-state index contributed by atoms with van der Waals surface area (Å²) in [6.45, 7) is 12.6. The maximum absolute atomic E-state index is 14.6. The van der Waals surface area contributed by atoms with Gasteiger partial charge in [-0.05, 0) is 95.6 Å². The number of nitrogens with zero attached hydrogens (tertiary/aromatic N) is 1. The monoisotopic (exact) mass is 1900 g/mol. The molecule has 17 atom stereocenters. The zero-order valence-electron chi connectivity index (χ0n) is 78.0. The Labute approximate surface area is 773 Å². The molecule has 0 aromatic heterocycles. The summed E-state index contributed by atoms with van der Waals surface area (Å²) in [6, 6.07) is 4.41. The van der Waals surface area contributed by atoms with Gasteiger partial charge in [0.25, 0.3) is 0 Å². The average molecular weight is 1900 g/mol. The fraction of sp³-hybridized carbons (Fsp3) is 0.724. The number of carbonyl (C=O) groups excluding carboxylic acids is 18. The molecule has 133 heavy (non-hydrogen) atoms. The van der Waals surface area contributed by atoms with Crippen LogP contribution in [-0.2, 0) is 164 Å². The van der Waals surface area contributed by atoms with Crippen molar-refractivity contribution >= 4 is 107 Å². The van der Waals surface area contributed by atoms with E-state index in [4.69, 9.17) is 75.8 Å². The van der Waals surface area contributed by atoms with E-state index in [-0.39, 0.29) is 116 Å². The lowest BCUT2D eigenvalue weighted by molar-refractivity contribution is -0.277. The highest BCUT2D eigenvalue weighted by atomic mass is 16.7. The lowest BCUT2D eigenvalue weighted by Crippen LogP contribution is -2.66. The van der Waals surface area contributed by atoms with Crippen molar-refractivity contribution in [3.63, 3.8) is 0 Å². The molecular formula is C87H137N11O35. The molecular weight excluding hydrogens is 1760 g/mol. The van der Waals surface area contributed by atoms with Crippen LogP contribution in [0.2, 0.25) is 0 Å². The molecule has 17 unspecified atom stereocenters. The molecule has 3 heterocycles. The molecule has 11 N–H and O–H groups in total. The van der Waals surface area contributed by atoms with Gasteiger partial charge in [-0.25, -0.2) is 4.79 Å². The number of aliphatic hydroxyl groups is 1. The Kier molecular flexibility index (Phi) is 55.2. The van der Waals surface area contributed by atoms with Crippen molar-refractivity contribution in [3.05, 3.63) is 35.9 Å². The fourth-order valence-corrected chi connectivity index (χ4v) is 14.4. The predicted octanol–water partition coefficient (Wildman–Crippen LogP) is 0.112. The Morgan fingerprint density at radius 1 is 0.346 bits per heavy atom. The van der Waals surface area contributed by atoms with E-state index in [1.165, 1.54) is 25.7 Å². The second-order valence-corrected chi connectivity index (χ2v) is 31.9. The third kappa shape index (κ3) is 48.6. The van der Waals surface area contributed by atoms with E-state index >= 15 is 0 Å². The Bertz CT molecular complexity index is 3870. The lowest BCUT2D eigenvalue weighted by Gasteiger charge is -2.44. The van der Waals surface area contributed by atoms with Gasteiger partial charge in [0, 0.05) is 155 Å². The number of amides is 9. The van der Waals surface area contributed by atoms with E-state index in [0.29, 0.717) is 83.5 Å². The Hall–Kier alpha value is -10.9. The maximum Gasteiger partial charge on any atom is 0.407 e. The van der Waals surface area contributed by atoms with Gasteiger partial charge in [-0.15, -0.1) is 0 Å². The van der Waals surface area contributed by atoms with Gasteiger partial charge in [0.05, 0.1) is 19.1 Å². The first-order chi connectivity index (χ1) is 63.3. The SMILES string of the molecule is CC(=O)NC1C(OCCCCCC(=O)NCCCNC(=O)CN(CC(=O)NCCCNC(O)CCCCCOC2OC(COC(C)=O)C(OC(C)=O)C(OC(C)=O)C2NC(C)=O)C(CCCCNC(=O)OCc2ccccc2)C(=O)NCCCNC(=O)CCCCCOC2OC(COC(C)=O)C(OC(C)=O)C(OC(C)=O)C2NC(C)=O)OC(COC(C)=O)C(OC(C)=O)C1OC(C)=O. The van der Waals surface area contributed by atoms with Crippen LogP contribution in [0.4, 0.5) is 4.79 Å². The number of nitrogens with one attached hydrogen (secondary N) is 10. The van der Waals surface area contributed by atoms with Crippen LogP contribution < -0.4 is 53.2 Å². The third-order valence-corrected chi connectivity index (χ3v) is 20.1. The molecule has 0 radical (unpaired) electrons. The van der Waals surface area contributed by atoms with Gasteiger partial charge >= 0.3 is 59.8 Å². The second kappa shape index (κ2) is 64.1. The minimum Gasteiger partial charge on any atom is -0.463 e. The smallest absolute Gasteiger partial charge is 0.407 e. The predicted molar refractivity (Wildman–Crippen MR) is 462 cm³/mol. The normalized spacial score (nSPS) is 21.7. The molecule has 3 aliphatic heterocycles. The van der Waals surface area contributed by atoms with Crippen LogP contribution in [0.3, 0.4) is 0 Å². The van der Waals surface area contributed by atoms with Crippen LogP contribution >= 0.6 is 0 Å². The summed E-state index contributed by atoms with van der Waals surface area (Å²) in [5.74, 6) is -10.5. The zero-order chi connectivity index (χ0) is 98.3. The van der Waals surface area contributed by atoms with Crippen LogP contribution in [0, 0.1) is 0 Å². The van der Waals surface area contributed by atoms with Gasteiger partial charge in [0.2, 0.25) is 47.3 Å². The van der Waals surface area contributed by atoms with Gasteiger partial charge < -0.3 is 129 Å². The van der Waals surface area contributed by atoms with E-state index < -0.39 is 232 Å². The minimum absolute atomic E-state index is 0.0143. The van der Waals surface area contributed by atoms with Crippen molar-refractivity contribution in [2.75, 3.05) is 98.5 Å². The molecule has 0 bridgehead atoms. The number of hydrogen-bond donors (Lipinski definition) is 11. The zero-order valence-corrected chi connectivity index (χ0v) is 78.0. The van der Waals surface area contributed by atoms with Crippen LogP contribution in [0.1, 0.15) is 204 Å². The van der Waals surface area contributed by atoms with Crippen LogP contribution in [0.15, 0.2) is 30.3 Å². The van der Waals surface area contributed by atoms with Crippen molar-refractivity contribution in [3.8, 4) is 0 Å². The van der Waals surface area contributed by atoms with Gasteiger partial charge in [-0.3, -0.25) is 91.7 Å². The summed E-state index contributed by atoms with van der Waals surface area (Å²) >= 11 is 0. The molecule has 750 valence electrons. The average Bonchev–Trinajstić information content (AvgIpc) is 0.794. The lowest BCUT2D eigenvalue weighted by atomic mass is 9.96. The van der Waals surface area contributed by atoms with Gasteiger partial charge in [-0.2, -0.15) is 0 Å². The van der Waals surface area contributed by atoms with E-state index in [9.17, 15) is 91.4 Å². The Morgan fingerprint density at radius 3 is 1.04 bits per heavy atom. The summed E-state index contributed by atoms with van der Waals surface area (Å²) in [5.41, 5.74) is 0.764. The highest BCUT2D eigenvalue weighted by molar-refractivity contribution is 5.86. The van der Waals surface area contributed by atoms with Gasteiger partial charge in [-0.1, -0.05) is 49.6 Å². The molecule has 3 aliphatic rings.